The molecule has 0 heterocycles. The fourth-order valence-corrected chi connectivity index (χ4v) is 6.44. The highest BCUT2D eigenvalue weighted by Crippen LogP contribution is 2.36. The molecule has 0 amide bonds. The molecule has 1 aliphatic rings. The van der Waals surface area contributed by atoms with Crippen LogP contribution in [0.4, 0.5) is 13.2 Å². The molecule has 0 unspecified atom stereocenters. The van der Waals surface area contributed by atoms with E-state index in [9.17, 15) is 31.5 Å². The molecule has 1 atom stereocenters. The predicted octanol–water partition coefficient (Wildman–Crippen LogP) is 3.88. The summed E-state index contributed by atoms with van der Waals surface area (Å²) in [6, 6.07) is 11.0. The Balaban J connectivity index is 1.62. The normalized spacial score (nSPS) is 15.6. The number of rotatable bonds is 12. The van der Waals surface area contributed by atoms with Gasteiger partial charge in [0.05, 0.1) is 16.6 Å². The summed E-state index contributed by atoms with van der Waals surface area (Å²) in [6.07, 6.45) is -3.88. The van der Waals surface area contributed by atoms with Crippen molar-refractivity contribution < 1.29 is 36.6 Å². The molecule has 38 heavy (non-hydrogen) atoms. The van der Waals surface area contributed by atoms with Gasteiger partial charge < -0.3 is 15.5 Å². The molecular formula is C27H35F3N2O5S. The highest BCUT2D eigenvalue weighted by Gasteiger charge is 2.39. The van der Waals surface area contributed by atoms with E-state index in [1.807, 2.05) is 26.0 Å². The van der Waals surface area contributed by atoms with E-state index in [4.69, 9.17) is 5.11 Å². The van der Waals surface area contributed by atoms with Gasteiger partial charge in [-0.1, -0.05) is 30.3 Å². The molecule has 0 fully saturated rings. The highest BCUT2D eigenvalue weighted by atomic mass is 32.2. The number of carbonyl (C=O) groups is 1. The number of fused-ring (bicyclic) bond motifs is 1. The standard InChI is InChI=1S/C27H35F3N2O5S/c1-26(2,15-19-12-20-6-4-5-7-21(20)13-19)31-16-22(33)17-32(3)38(36,37)24-10-8-18(9-11-25(34)35)14-23(24)27(28,29)30/h4-8,10,14,19,22,31,33H,9,11-13,15-17H2,1-3H3,(H,34,35)/t22-/m1/s1. The third-order valence-electron chi connectivity index (χ3n) is 6.88. The number of nitrogens with zero attached hydrogens (tertiary/aromatic N) is 1. The lowest BCUT2D eigenvalue weighted by Crippen LogP contribution is -2.47. The van der Waals surface area contributed by atoms with E-state index < -0.39 is 45.3 Å². The van der Waals surface area contributed by atoms with Crippen molar-refractivity contribution in [3.63, 3.8) is 0 Å². The predicted molar refractivity (Wildman–Crippen MR) is 137 cm³/mol. The number of aryl methyl sites for hydroxylation is 1. The Morgan fingerprint density at radius 2 is 1.74 bits per heavy atom. The van der Waals surface area contributed by atoms with Gasteiger partial charge in [-0.05, 0) is 74.3 Å². The monoisotopic (exact) mass is 556 g/mol. The lowest BCUT2D eigenvalue weighted by molar-refractivity contribution is -0.140. The van der Waals surface area contributed by atoms with Crippen LogP contribution in [0.25, 0.3) is 0 Å². The van der Waals surface area contributed by atoms with E-state index in [0.717, 1.165) is 32.4 Å². The molecule has 2 aromatic carbocycles. The molecule has 3 N–H and O–H groups in total. The van der Waals surface area contributed by atoms with Crippen LogP contribution < -0.4 is 5.32 Å². The second-order valence-corrected chi connectivity index (χ2v) is 12.7. The number of halogens is 3. The molecule has 0 aromatic heterocycles. The molecule has 7 nitrogen and oxygen atoms in total. The Morgan fingerprint density at radius 1 is 1.13 bits per heavy atom. The first kappa shape index (κ1) is 30.1. The zero-order valence-corrected chi connectivity index (χ0v) is 22.6. The van der Waals surface area contributed by atoms with Crippen molar-refractivity contribution in [1.82, 2.24) is 9.62 Å². The summed E-state index contributed by atoms with van der Waals surface area (Å²) in [6.45, 7) is 3.67. The van der Waals surface area contributed by atoms with Crippen molar-refractivity contribution >= 4 is 16.0 Å². The van der Waals surface area contributed by atoms with Crippen LogP contribution in [-0.4, -0.2) is 60.7 Å². The summed E-state index contributed by atoms with van der Waals surface area (Å²) in [5.74, 6) is -0.733. The maximum absolute atomic E-state index is 13.7. The number of β-amino-alcohol motifs (C(OH)–C–C–N with tert-alkyl or cyclic N) is 1. The Labute approximate surface area is 221 Å². The first-order valence-electron chi connectivity index (χ1n) is 12.5. The molecule has 1 aliphatic carbocycles. The van der Waals surface area contributed by atoms with E-state index in [0.29, 0.717) is 16.3 Å². The Morgan fingerprint density at radius 3 is 2.29 bits per heavy atom. The van der Waals surface area contributed by atoms with Crippen molar-refractivity contribution in [2.75, 3.05) is 20.1 Å². The fraction of sp³-hybridized carbons (Fsp3) is 0.519. The van der Waals surface area contributed by atoms with Gasteiger partial charge in [0, 0.05) is 32.1 Å². The number of hydrogen-bond donors (Lipinski definition) is 3. The number of aliphatic carboxylic acids is 1. The lowest BCUT2D eigenvalue weighted by Gasteiger charge is -2.31. The second kappa shape index (κ2) is 11.7. The van der Waals surface area contributed by atoms with Crippen molar-refractivity contribution in [3.8, 4) is 0 Å². The van der Waals surface area contributed by atoms with Crippen LogP contribution in [0.3, 0.4) is 0 Å². The van der Waals surface area contributed by atoms with Crippen LogP contribution in [0.2, 0.25) is 0 Å². The fourth-order valence-electron chi connectivity index (χ4n) is 5.04. The van der Waals surface area contributed by atoms with E-state index in [1.165, 1.54) is 17.2 Å². The molecule has 0 saturated heterocycles. The largest absolute Gasteiger partial charge is 0.481 e. The smallest absolute Gasteiger partial charge is 0.417 e. The van der Waals surface area contributed by atoms with E-state index >= 15 is 0 Å². The molecule has 0 spiro atoms. The third kappa shape index (κ3) is 7.78. The number of aliphatic hydroxyl groups is 1. The Hall–Kier alpha value is -2.47. The Kier molecular flexibility index (Phi) is 9.28. The molecule has 11 heteroatoms. The number of aliphatic hydroxyl groups excluding tert-OH is 1. The molecule has 0 saturated carbocycles. The average molecular weight is 557 g/mol. The van der Waals surface area contributed by atoms with Crippen molar-refractivity contribution in [2.45, 2.75) is 68.7 Å². The van der Waals surface area contributed by atoms with Gasteiger partial charge in [0.15, 0.2) is 0 Å². The minimum absolute atomic E-state index is 0.0623. The van der Waals surface area contributed by atoms with Gasteiger partial charge in [0.2, 0.25) is 10.0 Å². The van der Waals surface area contributed by atoms with Crippen LogP contribution in [0, 0.1) is 5.92 Å². The van der Waals surface area contributed by atoms with Crippen molar-refractivity contribution in [1.29, 1.82) is 0 Å². The quantitative estimate of drug-likeness (QED) is 0.367. The highest BCUT2D eigenvalue weighted by molar-refractivity contribution is 7.89. The molecule has 2 aromatic rings. The summed E-state index contributed by atoms with van der Waals surface area (Å²) in [5, 5.41) is 22.6. The molecule has 210 valence electrons. The minimum Gasteiger partial charge on any atom is -0.481 e. The molecule has 0 bridgehead atoms. The summed E-state index contributed by atoms with van der Waals surface area (Å²) >= 11 is 0. The number of benzene rings is 2. The van der Waals surface area contributed by atoms with Gasteiger partial charge >= 0.3 is 12.1 Å². The Bertz CT molecular complexity index is 1220. The SMILES string of the molecule is CN(C[C@H](O)CNC(C)(C)CC1Cc2ccccc2C1)S(=O)(=O)c1ccc(CCC(=O)O)cc1C(F)(F)F. The first-order valence-corrected chi connectivity index (χ1v) is 13.9. The molecular weight excluding hydrogens is 521 g/mol. The van der Waals surface area contributed by atoms with E-state index in [2.05, 4.69) is 17.4 Å². The van der Waals surface area contributed by atoms with Crippen LogP contribution in [-0.2, 0) is 40.3 Å². The van der Waals surface area contributed by atoms with Gasteiger partial charge in [0.25, 0.3) is 0 Å². The maximum Gasteiger partial charge on any atom is 0.417 e. The molecule has 0 aliphatic heterocycles. The van der Waals surface area contributed by atoms with Gasteiger partial charge in [0.1, 0.15) is 0 Å². The third-order valence-corrected chi connectivity index (χ3v) is 8.77. The summed E-state index contributed by atoms with van der Waals surface area (Å²) in [5.41, 5.74) is 1.04. The zero-order valence-electron chi connectivity index (χ0n) is 21.8. The summed E-state index contributed by atoms with van der Waals surface area (Å²) in [4.78, 5) is 9.83. The van der Waals surface area contributed by atoms with Gasteiger partial charge in [-0.3, -0.25) is 4.79 Å². The number of carboxylic acid groups (broad SMARTS) is 1. The van der Waals surface area contributed by atoms with Crippen LogP contribution in [0.5, 0.6) is 0 Å². The number of carboxylic acids is 1. The lowest BCUT2D eigenvalue weighted by atomic mass is 9.88. The first-order chi connectivity index (χ1) is 17.6. The van der Waals surface area contributed by atoms with Gasteiger partial charge in [-0.2, -0.15) is 17.5 Å². The van der Waals surface area contributed by atoms with Crippen LogP contribution in [0.15, 0.2) is 47.4 Å². The van der Waals surface area contributed by atoms with Gasteiger partial charge in [-0.25, -0.2) is 8.42 Å². The maximum atomic E-state index is 13.7. The topological polar surface area (TPSA) is 107 Å². The molecule has 3 rings (SSSR count). The van der Waals surface area contributed by atoms with Crippen LogP contribution >= 0.6 is 0 Å². The van der Waals surface area contributed by atoms with E-state index in [1.54, 1.807) is 0 Å². The summed E-state index contributed by atoms with van der Waals surface area (Å²) < 4.78 is 68.0. The van der Waals surface area contributed by atoms with Crippen LogP contribution in [0.1, 0.15) is 48.9 Å². The second-order valence-electron chi connectivity index (χ2n) is 10.7. The summed E-state index contributed by atoms with van der Waals surface area (Å²) in [7, 11) is -3.47. The average Bonchev–Trinajstić information content (AvgIpc) is 3.22. The zero-order chi connectivity index (χ0) is 28.3. The number of sulfonamides is 1. The molecule has 0 radical (unpaired) electrons. The van der Waals surface area contributed by atoms with Crippen molar-refractivity contribution in [2.24, 2.45) is 5.92 Å². The van der Waals surface area contributed by atoms with E-state index in [-0.39, 0.29) is 30.5 Å². The number of likely N-dealkylation sites (N-methyl/N-ethyl adjacent to an activating group) is 1. The van der Waals surface area contributed by atoms with Crippen molar-refractivity contribution in [3.05, 3.63) is 64.7 Å². The number of nitrogens with one attached hydrogen (secondary N) is 1. The number of hydrogen-bond acceptors (Lipinski definition) is 5. The minimum atomic E-state index is -4.97. The van der Waals surface area contributed by atoms with Gasteiger partial charge in [-0.15, -0.1) is 0 Å². The number of alkyl halides is 3.